The summed E-state index contributed by atoms with van der Waals surface area (Å²) >= 11 is 0. The summed E-state index contributed by atoms with van der Waals surface area (Å²) < 4.78 is 4.83. The molecule has 2 bridgehead atoms. The van der Waals surface area contributed by atoms with E-state index in [9.17, 15) is 4.79 Å². The molecule has 0 atom stereocenters. The number of carbonyl (C=O) groups is 1. The molecular weight excluding hydrogens is 212 g/mol. The first-order valence-corrected chi connectivity index (χ1v) is 6.44. The molecule has 3 aliphatic rings. The highest BCUT2D eigenvalue weighted by Gasteiger charge is 2.21. The van der Waals surface area contributed by atoms with Gasteiger partial charge in [0.05, 0.1) is 0 Å². The van der Waals surface area contributed by atoms with Crippen molar-refractivity contribution in [1.29, 1.82) is 0 Å². The third kappa shape index (κ3) is 5.71. The van der Waals surface area contributed by atoms with Gasteiger partial charge in [-0.15, -0.1) is 0 Å². The van der Waals surface area contributed by atoms with Crippen molar-refractivity contribution in [2.45, 2.75) is 52.1 Å². The van der Waals surface area contributed by atoms with Crippen LogP contribution in [0.3, 0.4) is 0 Å². The SMILES string of the molecule is C1=CC2CCC1CC2.C=CC(=O)OC(C)(C)C. The first-order valence-electron chi connectivity index (χ1n) is 6.44. The van der Waals surface area contributed by atoms with Crippen LogP contribution in [0.5, 0.6) is 0 Å². The topological polar surface area (TPSA) is 26.3 Å². The Morgan fingerprint density at radius 2 is 1.59 bits per heavy atom. The summed E-state index contributed by atoms with van der Waals surface area (Å²) in [6.45, 7) is 8.71. The monoisotopic (exact) mass is 236 g/mol. The quantitative estimate of drug-likeness (QED) is 0.392. The Morgan fingerprint density at radius 1 is 1.18 bits per heavy atom. The van der Waals surface area contributed by atoms with Crippen molar-refractivity contribution < 1.29 is 9.53 Å². The first kappa shape index (κ1) is 14.0. The lowest BCUT2D eigenvalue weighted by molar-refractivity contribution is -0.148. The number of esters is 1. The molecule has 2 heteroatoms. The summed E-state index contributed by atoms with van der Waals surface area (Å²) in [6, 6.07) is 0. The second-order valence-corrected chi connectivity index (χ2v) is 5.80. The lowest BCUT2D eigenvalue weighted by Gasteiger charge is -2.29. The third-order valence-corrected chi connectivity index (χ3v) is 3.05. The van der Waals surface area contributed by atoms with Crippen molar-refractivity contribution in [2.24, 2.45) is 11.8 Å². The van der Waals surface area contributed by atoms with Gasteiger partial charge in [0.15, 0.2) is 0 Å². The van der Waals surface area contributed by atoms with Gasteiger partial charge in [-0.2, -0.15) is 0 Å². The minimum absolute atomic E-state index is 0.373. The van der Waals surface area contributed by atoms with E-state index in [0.29, 0.717) is 0 Å². The fraction of sp³-hybridized carbons (Fsp3) is 0.667. The molecule has 0 aromatic heterocycles. The van der Waals surface area contributed by atoms with Gasteiger partial charge < -0.3 is 4.74 Å². The Kier molecular flexibility index (Phi) is 4.98. The Labute approximate surface area is 105 Å². The Balaban J connectivity index is 0.000000170. The second-order valence-electron chi connectivity index (χ2n) is 5.80. The average Bonchev–Trinajstić information content (AvgIpc) is 2.30. The van der Waals surface area contributed by atoms with Crippen LogP contribution < -0.4 is 0 Å². The van der Waals surface area contributed by atoms with Gasteiger partial charge in [-0.05, 0) is 58.3 Å². The van der Waals surface area contributed by atoms with Crippen LogP contribution in [0.25, 0.3) is 0 Å². The summed E-state index contributed by atoms with van der Waals surface area (Å²) in [5.41, 5.74) is -0.398. The lowest BCUT2D eigenvalue weighted by atomic mass is 9.76. The van der Waals surface area contributed by atoms with Gasteiger partial charge >= 0.3 is 5.97 Å². The first-order chi connectivity index (χ1) is 7.90. The average molecular weight is 236 g/mol. The molecule has 0 aromatic carbocycles. The van der Waals surface area contributed by atoms with Crippen LogP contribution in [0.4, 0.5) is 0 Å². The molecule has 0 aliphatic heterocycles. The molecule has 1 saturated carbocycles. The second kappa shape index (κ2) is 6.04. The number of allylic oxidation sites excluding steroid dienone is 2. The number of rotatable bonds is 1. The van der Waals surface area contributed by atoms with E-state index in [2.05, 4.69) is 18.7 Å². The van der Waals surface area contributed by atoms with E-state index in [1.54, 1.807) is 0 Å². The molecule has 1 fully saturated rings. The molecule has 0 amide bonds. The van der Waals surface area contributed by atoms with Crippen molar-refractivity contribution in [3.8, 4) is 0 Å². The maximum Gasteiger partial charge on any atom is 0.330 e. The van der Waals surface area contributed by atoms with Crippen molar-refractivity contribution in [2.75, 3.05) is 0 Å². The van der Waals surface area contributed by atoms with Crippen LogP contribution in [0.1, 0.15) is 46.5 Å². The number of fused-ring (bicyclic) bond motifs is 2. The van der Waals surface area contributed by atoms with Crippen molar-refractivity contribution in [3.63, 3.8) is 0 Å². The zero-order valence-corrected chi connectivity index (χ0v) is 11.2. The van der Waals surface area contributed by atoms with Gasteiger partial charge in [0.2, 0.25) is 0 Å². The summed E-state index contributed by atoms with van der Waals surface area (Å²) in [4.78, 5) is 10.5. The summed E-state index contributed by atoms with van der Waals surface area (Å²) in [7, 11) is 0. The van der Waals surface area contributed by atoms with Gasteiger partial charge in [-0.3, -0.25) is 0 Å². The Morgan fingerprint density at radius 3 is 1.71 bits per heavy atom. The maximum atomic E-state index is 10.5. The highest BCUT2D eigenvalue weighted by Crippen LogP contribution is 2.35. The van der Waals surface area contributed by atoms with E-state index in [4.69, 9.17) is 4.74 Å². The smallest absolute Gasteiger partial charge is 0.330 e. The van der Waals surface area contributed by atoms with E-state index < -0.39 is 5.60 Å². The largest absolute Gasteiger partial charge is 0.457 e. The highest BCUT2D eigenvalue weighted by molar-refractivity contribution is 5.81. The van der Waals surface area contributed by atoms with Crippen LogP contribution in [-0.4, -0.2) is 11.6 Å². The molecule has 3 rings (SSSR count). The van der Waals surface area contributed by atoms with Crippen LogP contribution in [0.15, 0.2) is 24.8 Å². The molecule has 0 radical (unpaired) electrons. The van der Waals surface area contributed by atoms with E-state index >= 15 is 0 Å². The summed E-state index contributed by atoms with van der Waals surface area (Å²) in [6.07, 6.45) is 11.9. The zero-order valence-electron chi connectivity index (χ0n) is 11.2. The fourth-order valence-corrected chi connectivity index (χ4v) is 2.19. The molecule has 3 aliphatic carbocycles. The van der Waals surface area contributed by atoms with Crippen LogP contribution in [-0.2, 0) is 9.53 Å². The number of carbonyl (C=O) groups excluding carboxylic acids is 1. The Hall–Kier alpha value is -1.05. The van der Waals surface area contributed by atoms with Gasteiger partial charge in [-0.25, -0.2) is 4.79 Å². The molecule has 0 heterocycles. The predicted octanol–water partition coefficient (Wildman–Crippen LogP) is 3.88. The van der Waals surface area contributed by atoms with Crippen LogP contribution >= 0.6 is 0 Å². The van der Waals surface area contributed by atoms with E-state index in [1.807, 2.05) is 20.8 Å². The standard InChI is InChI=1S/C8H12.C7H12O2/c1-2-8-5-3-7(1)4-6-8;1-5-6(8)9-7(2,3)4/h1-2,7-8H,3-6H2;5H,1H2,2-4H3. The molecule has 2 nitrogen and oxygen atoms in total. The van der Waals surface area contributed by atoms with E-state index in [0.717, 1.165) is 17.9 Å². The molecule has 96 valence electrons. The molecule has 0 N–H and O–H groups in total. The fourth-order valence-electron chi connectivity index (χ4n) is 2.19. The molecule has 0 aromatic rings. The number of hydrogen-bond donors (Lipinski definition) is 0. The van der Waals surface area contributed by atoms with Gasteiger partial charge in [0, 0.05) is 6.08 Å². The molecule has 0 saturated heterocycles. The van der Waals surface area contributed by atoms with Crippen molar-refractivity contribution >= 4 is 5.97 Å². The normalized spacial score (nSPS) is 25.8. The minimum atomic E-state index is -0.398. The number of hydrogen-bond acceptors (Lipinski definition) is 2. The predicted molar refractivity (Wildman–Crippen MR) is 70.6 cm³/mol. The van der Waals surface area contributed by atoms with Crippen LogP contribution in [0, 0.1) is 11.8 Å². The van der Waals surface area contributed by atoms with E-state index in [1.165, 1.54) is 25.7 Å². The third-order valence-electron chi connectivity index (χ3n) is 3.05. The summed E-state index contributed by atoms with van der Waals surface area (Å²) in [5.74, 6) is 1.57. The van der Waals surface area contributed by atoms with Gasteiger partial charge in [0.25, 0.3) is 0 Å². The minimum Gasteiger partial charge on any atom is -0.457 e. The van der Waals surface area contributed by atoms with Gasteiger partial charge in [0.1, 0.15) is 5.60 Å². The molecule has 0 unspecified atom stereocenters. The van der Waals surface area contributed by atoms with Crippen LogP contribution in [0.2, 0.25) is 0 Å². The van der Waals surface area contributed by atoms with E-state index in [-0.39, 0.29) is 5.97 Å². The maximum absolute atomic E-state index is 10.5. The van der Waals surface area contributed by atoms with Gasteiger partial charge in [-0.1, -0.05) is 18.7 Å². The molecule has 17 heavy (non-hydrogen) atoms. The zero-order chi connectivity index (χ0) is 12.9. The van der Waals surface area contributed by atoms with Crippen molar-refractivity contribution in [1.82, 2.24) is 0 Å². The highest BCUT2D eigenvalue weighted by atomic mass is 16.6. The molecular formula is C15H24O2. The lowest BCUT2D eigenvalue weighted by Crippen LogP contribution is -2.22. The Bertz CT molecular complexity index is 275. The summed E-state index contributed by atoms with van der Waals surface area (Å²) in [5, 5.41) is 0. The van der Waals surface area contributed by atoms with Crippen molar-refractivity contribution in [3.05, 3.63) is 24.8 Å². The molecule has 0 spiro atoms. The number of ether oxygens (including phenoxy) is 1.